The largest absolute Gasteiger partial charge is 0.353 e. The van der Waals surface area contributed by atoms with Crippen LogP contribution in [-0.2, 0) is 14.3 Å². The molecule has 3 rings (SSSR count). The number of hydrogen-bond acceptors (Lipinski definition) is 4. The first-order valence-electron chi connectivity index (χ1n) is 7.98. The molecule has 118 valence electrons. The third-order valence-corrected chi connectivity index (χ3v) is 4.86. The van der Waals surface area contributed by atoms with Crippen molar-refractivity contribution in [2.75, 3.05) is 19.8 Å². The fraction of sp³-hybridized carbons (Fsp3) is 0.867. The molecule has 0 aromatic rings. The van der Waals surface area contributed by atoms with Crippen molar-refractivity contribution in [1.82, 2.24) is 10.2 Å². The summed E-state index contributed by atoms with van der Waals surface area (Å²) in [5.41, 5.74) is -0.641. The van der Waals surface area contributed by atoms with Crippen LogP contribution in [0.15, 0.2) is 0 Å². The standard InChI is InChI=1S/C15H24N2O4/c1-11-3-6-15(7-4-11)13(18)17(14(19)16-15)8-5-12-20-9-2-10-21-12/h11-12H,2-10H2,1H3,(H,16,19). The Bertz CT molecular complexity index is 412. The topological polar surface area (TPSA) is 67.9 Å². The molecular weight excluding hydrogens is 272 g/mol. The van der Waals surface area contributed by atoms with E-state index in [2.05, 4.69) is 12.2 Å². The Morgan fingerprint density at radius 3 is 2.57 bits per heavy atom. The van der Waals surface area contributed by atoms with E-state index in [1.54, 1.807) is 0 Å². The fourth-order valence-electron chi connectivity index (χ4n) is 3.41. The molecule has 3 fully saturated rings. The summed E-state index contributed by atoms with van der Waals surface area (Å²) in [4.78, 5) is 26.1. The zero-order valence-corrected chi connectivity index (χ0v) is 12.6. The minimum Gasteiger partial charge on any atom is -0.353 e. The van der Waals surface area contributed by atoms with Gasteiger partial charge in [-0.2, -0.15) is 0 Å². The Morgan fingerprint density at radius 2 is 1.90 bits per heavy atom. The first kappa shape index (κ1) is 14.8. The smallest absolute Gasteiger partial charge is 0.325 e. The van der Waals surface area contributed by atoms with Crippen LogP contribution in [0.1, 0.15) is 45.4 Å². The van der Waals surface area contributed by atoms with Crippen LogP contribution >= 0.6 is 0 Å². The van der Waals surface area contributed by atoms with Crippen LogP contribution in [0.3, 0.4) is 0 Å². The van der Waals surface area contributed by atoms with Gasteiger partial charge < -0.3 is 14.8 Å². The summed E-state index contributed by atoms with van der Waals surface area (Å²) in [6, 6.07) is -0.259. The highest BCUT2D eigenvalue weighted by atomic mass is 16.7. The van der Waals surface area contributed by atoms with E-state index in [-0.39, 0.29) is 18.2 Å². The van der Waals surface area contributed by atoms with E-state index >= 15 is 0 Å². The minimum absolute atomic E-state index is 0.0600. The molecule has 0 aromatic heterocycles. The normalized spacial score (nSPS) is 34.5. The summed E-state index contributed by atoms with van der Waals surface area (Å²) in [5, 5.41) is 2.93. The molecule has 6 heteroatoms. The number of imide groups is 1. The molecule has 6 nitrogen and oxygen atoms in total. The Labute approximate surface area is 125 Å². The van der Waals surface area contributed by atoms with Crippen molar-refractivity contribution < 1.29 is 19.1 Å². The van der Waals surface area contributed by atoms with Gasteiger partial charge >= 0.3 is 6.03 Å². The van der Waals surface area contributed by atoms with E-state index < -0.39 is 5.54 Å². The van der Waals surface area contributed by atoms with Crippen molar-refractivity contribution in [2.45, 2.75) is 57.3 Å². The SMILES string of the molecule is CC1CCC2(CC1)NC(=O)N(CCC1OCCCO1)C2=O. The van der Waals surface area contributed by atoms with E-state index in [1.165, 1.54) is 4.90 Å². The summed E-state index contributed by atoms with van der Waals surface area (Å²) in [6.45, 7) is 3.94. The lowest BCUT2D eigenvalue weighted by Gasteiger charge is -2.33. The number of amides is 3. The number of rotatable bonds is 3. The summed E-state index contributed by atoms with van der Waals surface area (Å²) in [5.74, 6) is 0.577. The number of urea groups is 1. The first-order valence-corrected chi connectivity index (χ1v) is 7.98. The summed E-state index contributed by atoms with van der Waals surface area (Å²) >= 11 is 0. The molecule has 0 aromatic carbocycles. The van der Waals surface area contributed by atoms with Gasteiger partial charge in [-0.25, -0.2) is 4.79 Å². The third-order valence-electron chi connectivity index (χ3n) is 4.86. The molecule has 3 amide bonds. The van der Waals surface area contributed by atoms with Crippen LogP contribution in [0, 0.1) is 5.92 Å². The van der Waals surface area contributed by atoms with E-state index in [4.69, 9.17) is 9.47 Å². The van der Waals surface area contributed by atoms with Gasteiger partial charge in [0, 0.05) is 13.0 Å². The summed E-state index contributed by atoms with van der Waals surface area (Å²) in [7, 11) is 0. The fourth-order valence-corrected chi connectivity index (χ4v) is 3.41. The third kappa shape index (κ3) is 2.92. The molecule has 2 heterocycles. The number of carbonyl (C=O) groups is 2. The number of ether oxygens (including phenoxy) is 2. The molecule has 0 bridgehead atoms. The monoisotopic (exact) mass is 296 g/mol. The van der Waals surface area contributed by atoms with Gasteiger partial charge in [-0.15, -0.1) is 0 Å². The van der Waals surface area contributed by atoms with Crippen molar-refractivity contribution in [3.05, 3.63) is 0 Å². The second-order valence-corrected chi connectivity index (χ2v) is 6.46. The average molecular weight is 296 g/mol. The van der Waals surface area contributed by atoms with Crippen LogP contribution in [0.2, 0.25) is 0 Å². The molecule has 2 aliphatic heterocycles. The highest BCUT2D eigenvalue weighted by Gasteiger charge is 2.51. The van der Waals surface area contributed by atoms with Crippen molar-refractivity contribution in [2.24, 2.45) is 5.92 Å². The van der Waals surface area contributed by atoms with Crippen LogP contribution in [-0.4, -0.2) is 48.4 Å². The maximum atomic E-state index is 12.6. The quantitative estimate of drug-likeness (QED) is 0.804. The molecule has 3 aliphatic rings. The molecule has 21 heavy (non-hydrogen) atoms. The van der Waals surface area contributed by atoms with Crippen molar-refractivity contribution >= 4 is 11.9 Å². The van der Waals surface area contributed by atoms with Gasteiger partial charge in [-0.3, -0.25) is 9.69 Å². The molecule has 1 saturated carbocycles. The second kappa shape index (κ2) is 5.93. The van der Waals surface area contributed by atoms with Crippen LogP contribution in [0.25, 0.3) is 0 Å². The molecule has 0 radical (unpaired) electrons. The zero-order valence-electron chi connectivity index (χ0n) is 12.6. The minimum atomic E-state index is -0.641. The molecule has 2 saturated heterocycles. The number of nitrogens with zero attached hydrogens (tertiary/aromatic N) is 1. The number of hydrogen-bond donors (Lipinski definition) is 1. The molecule has 1 aliphatic carbocycles. The van der Waals surface area contributed by atoms with E-state index in [0.717, 1.165) is 32.1 Å². The molecular formula is C15H24N2O4. The highest BCUT2D eigenvalue weighted by Crippen LogP contribution is 2.36. The van der Waals surface area contributed by atoms with Gasteiger partial charge in [0.1, 0.15) is 5.54 Å². The summed E-state index contributed by atoms with van der Waals surface area (Å²) < 4.78 is 10.9. The summed E-state index contributed by atoms with van der Waals surface area (Å²) in [6.07, 6.45) is 4.66. The van der Waals surface area contributed by atoms with Gasteiger partial charge in [0.15, 0.2) is 6.29 Å². The Balaban J connectivity index is 1.58. The van der Waals surface area contributed by atoms with Crippen molar-refractivity contribution in [1.29, 1.82) is 0 Å². The Hall–Kier alpha value is -1.14. The maximum Gasteiger partial charge on any atom is 0.325 e. The highest BCUT2D eigenvalue weighted by molar-refractivity contribution is 6.07. The average Bonchev–Trinajstić information content (AvgIpc) is 2.73. The predicted octanol–water partition coefficient (Wildman–Crippen LogP) is 1.64. The number of nitrogens with one attached hydrogen (secondary N) is 1. The van der Waals surface area contributed by atoms with Gasteiger partial charge in [0.25, 0.3) is 5.91 Å². The predicted molar refractivity (Wildman–Crippen MR) is 75.5 cm³/mol. The van der Waals surface area contributed by atoms with Crippen LogP contribution < -0.4 is 5.32 Å². The van der Waals surface area contributed by atoms with Crippen LogP contribution in [0.4, 0.5) is 4.79 Å². The van der Waals surface area contributed by atoms with E-state index in [9.17, 15) is 9.59 Å². The van der Waals surface area contributed by atoms with Crippen molar-refractivity contribution in [3.8, 4) is 0 Å². The second-order valence-electron chi connectivity index (χ2n) is 6.46. The Kier molecular flexibility index (Phi) is 4.17. The van der Waals surface area contributed by atoms with Crippen LogP contribution in [0.5, 0.6) is 0 Å². The van der Waals surface area contributed by atoms with Gasteiger partial charge in [-0.05, 0) is 38.0 Å². The van der Waals surface area contributed by atoms with Gasteiger partial charge in [0.2, 0.25) is 0 Å². The zero-order chi connectivity index (χ0) is 14.9. The van der Waals surface area contributed by atoms with E-state index in [0.29, 0.717) is 32.1 Å². The first-order chi connectivity index (χ1) is 10.1. The van der Waals surface area contributed by atoms with Crippen molar-refractivity contribution in [3.63, 3.8) is 0 Å². The molecule has 1 N–H and O–H groups in total. The maximum absolute atomic E-state index is 12.6. The lowest BCUT2D eigenvalue weighted by atomic mass is 9.77. The number of carbonyl (C=O) groups excluding carboxylic acids is 2. The lowest BCUT2D eigenvalue weighted by Crippen LogP contribution is -2.49. The molecule has 0 atom stereocenters. The van der Waals surface area contributed by atoms with Gasteiger partial charge in [-0.1, -0.05) is 6.92 Å². The molecule has 0 unspecified atom stereocenters. The Morgan fingerprint density at radius 1 is 1.24 bits per heavy atom. The van der Waals surface area contributed by atoms with Gasteiger partial charge in [0.05, 0.1) is 13.2 Å². The van der Waals surface area contributed by atoms with E-state index in [1.807, 2.05) is 0 Å². The molecule has 1 spiro atoms. The lowest BCUT2D eigenvalue weighted by molar-refractivity contribution is -0.182.